The van der Waals surface area contributed by atoms with Crippen LogP contribution >= 0.6 is 0 Å². The quantitative estimate of drug-likeness (QED) is 0.557. The highest BCUT2D eigenvalue weighted by atomic mass is 16.2. The molecule has 3 rings (SSSR count). The summed E-state index contributed by atoms with van der Waals surface area (Å²) in [5.74, 6) is 0. The van der Waals surface area contributed by atoms with E-state index in [2.05, 4.69) is 30.1 Å². The Hall–Kier alpha value is -3.33. The maximum absolute atomic E-state index is 12.9. The zero-order valence-electron chi connectivity index (χ0n) is 15.3. The Bertz CT molecular complexity index is 875. The zero-order valence-corrected chi connectivity index (χ0v) is 15.3. The van der Waals surface area contributed by atoms with E-state index in [4.69, 9.17) is 0 Å². The van der Waals surface area contributed by atoms with Crippen LogP contribution in [0.2, 0.25) is 0 Å². The van der Waals surface area contributed by atoms with Crippen molar-refractivity contribution in [1.29, 1.82) is 0 Å². The van der Waals surface area contributed by atoms with Crippen molar-refractivity contribution < 1.29 is 4.79 Å². The van der Waals surface area contributed by atoms with Gasteiger partial charge in [0.05, 0.1) is 0 Å². The van der Waals surface area contributed by atoms with Crippen molar-refractivity contribution in [3.05, 3.63) is 114 Å². The third-order valence-corrected chi connectivity index (χ3v) is 4.35. The first-order valence-corrected chi connectivity index (χ1v) is 9.09. The summed E-state index contributed by atoms with van der Waals surface area (Å²) in [7, 11) is 0. The number of para-hydroxylation sites is 1. The zero-order chi connectivity index (χ0) is 18.9. The van der Waals surface area contributed by atoms with Gasteiger partial charge in [-0.3, -0.25) is 0 Å². The second-order valence-corrected chi connectivity index (χ2v) is 6.40. The first kappa shape index (κ1) is 18.5. The molecule has 1 N–H and O–H groups in total. The van der Waals surface area contributed by atoms with Gasteiger partial charge in [-0.2, -0.15) is 0 Å². The highest BCUT2D eigenvalue weighted by molar-refractivity contribution is 5.90. The molecular weight excluding hydrogens is 332 g/mol. The Morgan fingerprint density at radius 1 is 0.852 bits per heavy atom. The molecule has 136 valence electrons. The van der Waals surface area contributed by atoms with E-state index >= 15 is 0 Å². The van der Waals surface area contributed by atoms with Crippen molar-refractivity contribution in [2.24, 2.45) is 0 Å². The van der Waals surface area contributed by atoms with Crippen molar-refractivity contribution >= 4 is 11.7 Å². The van der Waals surface area contributed by atoms with Crippen LogP contribution in [0.3, 0.4) is 0 Å². The fourth-order valence-corrected chi connectivity index (χ4v) is 2.99. The van der Waals surface area contributed by atoms with Crippen molar-refractivity contribution in [3.8, 4) is 0 Å². The molecule has 2 amide bonds. The minimum Gasteiger partial charge on any atom is -0.316 e. The molecule has 27 heavy (non-hydrogen) atoms. The summed E-state index contributed by atoms with van der Waals surface area (Å²) in [6.45, 7) is 4.81. The lowest BCUT2D eigenvalue weighted by molar-refractivity contribution is 0.215. The number of benzene rings is 3. The van der Waals surface area contributed by atoms with Crippen LogP contribution in [0.25, 0.3) is 0 Å². The molecule has 0 fully saturated rings. The lowest BCUT2D eigenvalue weighted by Gasteiger charge is -2.22. The molecule has 0 aliphatic carbocycles. The molecule has 0 radical (unpaired) electrons. The van der Waals surface area contributed by atoms with Crippen LogP contribution < -0.4 is 5.32 Å². The highest BCUT2D eigenvalue weighted by Crippen LogP contribution is 2.20. The highest BCUT2D eigenvalue weighted by Gasteiger charge is 2.14. The Morgan fingerprint density at radius 2 is 1.44 bits per heavy atom. The largest absolute Gasteiger partial charge is 0.322 e. The van der Waals surface area contributed by atoms with Crippen LogP contribution in [0, 0.1) is 0 Å². The van der Waals surface area contributed by atoms with Gasteiger partial charge in [0.2, 0.25) is 0 Å². The number of hydrogen-bond acceptors (Lipinski definition) is 1. The standard InChI is InChI=1S/C24H24N2O/c1-2-17-26(19-21-13-7-4-8-14-21)24(27)25-23-16-10-9-15-22(23)18-20-11-5-3-6-12-20/h2-16H,1,17-19H2,(H,25,27). The monoisotopic (exact) mass is 356 g/mol. The number of carbonyl (C=O) groups is 1. The Labute approximate surface area is 161 Å². The molecule has 0 spiro atoms. The van der Waals surface area contributed by atoms with Crippen molar-refractivity contribution in [3.63, 3.8) is 0 Å². The average Bonchev–Trinajstić information content (AvgIpc) is 2.71. The molecule has 3 aromatic carbocycles. The normalized spacial score (nSPS) is 10.2. The number of nitrogens with one attached hydrogen (secondary N) is 1. The van der Waals surface area contributed by atoms with E-state index in [9.17, 15) is 4.79 Å². The molecule has 0 atom stereocenters. The number of hydrogen-bond donors (Lipinski definition) is 1. The van der Waals surface area contributed by atoms with Gasteiger partial charge in [0.25, 0.3) is 0 Å². The van der Waals surface area contributed by atoms with Gasteiger partial charge in [0.1, 0.15) is 0 Å². The molecule has 0 saturated heterocycles. The number of nitrogens with zero attached hydrogens (tertiary/aromatic N) is 1. The van der Waals surface area contributed by atoms with Crippen molar-refractivity contribution in [1.82, 2.24) is 4.90 Å². The van der Waals surface area contributed by atoms with Gasteiger partial charge in [-0.15, -0.1) is 6.58 Å². The summed E-state index contributed by atoms with van der Waals surface area (Å²) in [5, 5.41) is 3.08. The number of anilines is 1. The van der Waals surface area contributed by atoms with Gasteiger partial charge in [-0.1, -0.05) is 84.9 Å². The molecule has 0 saturated carbocycles. The lowest BCUT2D eigenvalue weighted by atomic mass is 10.0. The molecular formula is C24H24N2O. The molecule has 3 aromatic rings. The molecule has 3 heteroatoms. The van der Waals surface area contributed by atoms with Gasteiger partial charge >= 0.3 is 6.03 Å². The first-order chi connectivity index (χ1) is 13.3. The molecule has 0 aliphatic rings. The van der Waals surface area contributed by atoms with E-state index in [-0.39, 0.29) is 6.03 Å². The van der Waals surface area contributed by atoms with Crippen molar-refractivity contribution in [2.45, 2.75) is 13.0 Å². The fraction of sp³-hybridized carbons (Fsp3) is 0.125. The van der Waals surface area contributed by atoms with Gasteiger partial charge in [0, 0.05) is 18.8 Å². The molecule has 0 aliphatic heterocycles. The summed E-state index contributed by atoms with van der Waals surface area (Å²) >= 11 is 0. The molecule has 0 bridgehead atoms. The van der Waals surface area contributed by atoms with Crippen LogP contribution in [0.15, 0.2) is 97.6 Å². The minimum absolute atomic E-state index is 0.126. The molecule has 0 aromatic heterocycles. The average molecular weight is 356 g/mol. The third kappa shape index (κ3) is 5.32. The van der Waals surface area contributed by atoms with E-state index in [0.29, 0.717) is 13.1 Å². The predicted octanol–water partition coefficient (Wildman–Crippen LogP) is 5.50. The molecule has 0 heterocycles. The first-order valence-electron chi connectivity index (χ1n) is 9.09. The predicted molar refractivity (Wildman–Crippen MR) is 112 cm³/mol. The van der Waals surface area contributed by atoms with Crippen molar-refractivity contribution in [2.75, 3.05) is 11.9 Å². The van der Waals surface area contributed by atoms with Crippen LogP contribution in [0.5, 0.6) is 0 Å². The molecule has 0 unspecified atom stereocenters. The van der Waals surface area contributed by atoms with E-state index in [1.54, 1.807) is 11.0 Å². The van der Waals surface area contributed by atoms with Crippen LogP contribution in [-0.4, -0.2) is 17.5 Å². The number of amides is 2. The van der Waals surface area contributed by atoms with Crippen LogP contribution in [0.1, 0.15) is 16.7 Å². The third-order valence-electron chi connectivity index (χ3n) is 4.35. The summed E-state index contributed by atoms with van der Waals surface area (Å²) in [6.07, 6.45) is 2.52. The van der Waals surface area contributed by atoms with Gasteiger partial charge in [-0.25, -0.2) is 4.79 Å². The summed E-state index contributed by atoms with van der Waals surface area (Å²) in [6, 6.07) is 28.1. The van der Waals surface area contributed by atoms with E-state index in [1.165, 1.54) is 5.56 Å². The van der Waals surface area contributed by atoms with E-state index in [0.717, 1.165) is 23.2 Å². The van der Waals surface area contributed by atoms with E-state index in [1.807, 2.05) is 66.7 Å². The Morgan fingerprint density at radius 3 is 2.11 bits per heavy atom. The second kappa shape index (κ2) is 9.39. The number of carbonyl (C=O) groups excluding carboxylic acids is 1. The van der Waals surface area contributed by atoms with Gasteiger partial charge in [0.15, 0.2) is 0 Å². The maximum Gasteiger partial charge on any atom is 0.322 e. The summed E-state index contributed by atoms with van der Waals surface area (Å²) in [4.78, 5) is 14.6. The van der Waals surface area contributed by atoms with E-state index < -0.39 is 0 Å². The van der Waals surface area contributed by atoms with Crippen LogP contribution in [0.4, 0.5) is 10.5 Å². The van der Waals surface area contributed by atoms with Crippen LogP contribution in [-0.2, 0) is 13.0 Å². The van der Waals surface area contributed by atoms with Gasteiger partial charge < -0.3 is 10.2 Å². The number of urea groups is 1. The number of rotatable bonds is 7. The van der Waals surface area contributed by atoms with Gasteiger partial charge in [-0.05, 0) is 29.2 Å². The lowest BCUT2D eigenvalue weighted by Crippen LogP contribution is -2.34. The summed E-state index contributed by atoms with van der Waals surface area (Å²) in [5.41, 5.74) is 4.24. The Kier molecular flexibility index (Phi) is 6.42. The SMILES string of the molecule is C=CCN(Cc1ccccc1)C(=O)Nc1ccccc1Cc1ccccc1. The minimum atomic E-state index is -0.126. The molecule has 3 nitrogen and oxygen atoms in total. The fourth-order valence-electron chi connectivity index (χ4n) is 2.99. The Balaban J connectivity index is 1.74. The second-order valence-electron chi connectivity index (χ2n) is 6.40. The topological polar surface area (TPSA) is 32.3 Å². The maximum atomic E-state index is 12.9. The summed E-state index contributed by atoms with van der Waals surface area (Å²) < 4.78 is 0. The smallest absolute Gasteiger partial charge is 0.316 e.